The number of carbonyl (C=O) groups is 1. The van der Waals surface area contributed by atoms with Crippen molar-refractivity contribution in [3.8, 4) is 0 Å². The van der Waals surface area contributed by atoms with Crippen LogP contribution in [0, 0.1) is 0 Å². The normalized spacial score (nSPS) is 10.9. The molecule has 0 fully saturated rings. The molecule has 0 aliphatic heterocycles. The summed E-state index contributed by atoms with van der Waals surface area (Å²) in [6.07, 6.45) is 4.45. The second-order valence-electron chi connectivity index (χ2n) is 3.98. The van der Waals surface area contributed by atoms with Gasteiger partial charge in [-0.3, -0.25) is 4.90 Å². The Morgan fingerprint density at radius 1 is 1.47 bits per heavy atom. The summed E-state index contributed by atoms with van der Waals surface area (Å²) >= 11 is 0. The molecule has 0 saturated heterocycles. The van der Waals surface area contributed by atoms with Gasteiger partial charge in [-0.1, -0.05) is 0 Å². The lowest BCUT2D eigenvalue weighted by Crippen LogP contribution is -2.18. The molecule has 0 bridgehead atoms. The van der Waals surface area contributed by atoms with Gasteiger partial charge in [-0.2, -0.15) is 0 Å². The van der Waals surface area contributed by atoms with E-state index in [9.17, 15) is 4.79 Å². The molecular weight excluding hydrogens is 190 g/mol. The Kier molecular flexibility index (Phi) is 5.12. The summed E-state index contributed by atoms with van der Waals surface area (Å²) < 4.78 is 5.25. The Morgan fingerprint density at radius 3 is 2.87 bits per heavy atom. The number of ketones is 1. The molecule has 0 aliphatic rings. The van der Waals surface area contributed by atoms with Crippen LogP contribution in [0.25, 0.3) is 0 Å². The van der Waals surface area contributed by atoms with E-state index in [2.05, 4.69) is 11.9 Å². The van der Waals surface area contributed by atoms with Crippen LogP contribution in [0.1, 0.15) is 31.9 Å². The molecule has 0 aromatic carbocycles. The molecule has 3 heteroatoms. The van der Waals surface area contributed by atoms with E-state index in [1.54, 1.807) is 13.2 Å². The van der Waals surface area contributed by atoms with E-state index in [1.807, 2.05) is 12.1 Å². The van der Waals surface area contributed by atoms with Gasteiger partial charge in [0.05, 0.1) is 12.8 Å². The number of hydrogen-bond acceptors (Lipinski definition) is 3. The summed E-state index contributed by atoms with van der Waals surface area (Å²) in [5, 5.41) is 0. The second kappa shape index (κ2) is 6.40. The van der Waals surface area contributed by atoms with Crippen molar-refractivity contribution in [2.75, 3.05) is 13.6 Å². The van der Waals surface area contributed by atoms with Gasteiger partial charge in [0, 0.05) is 6.42 Å². The van der Waals surface area contributed by atoms with Crippen molar-refractivity contribution in [3.05, 3.63) is 24.2 Å². The Morgan fingerprint density at radius 2 is 2.27 bits per heavy atom. The first-order valence-corrected chi connectivity index (χ1v) is 5.39. The van der Waals surface area contributed by atoms with E-state index < -0.39 is 0 Å². The maximum atomic E-state index is 10.7. The predicted molar refractivity (Wildman–Crippen MR) is 59.6 cm³/mol. The number of hydrogen-bond donors (Lipinski definition) is 0. The zero-order chi connectivity index (χ0) is 11.1. The lowest BCUT2D eigenvalue weighted by Gasteiger charge is -2.14. The van der Waals surface area contributed by atoms with Gasteiger partial charge in [-0.15, -0.1) is 0 Å². The first kappa shape index (κ1) is 12.0. The molecule has 1 aromatic heterocycles. The molecule has 0 amide bonds. The van der Waals surface area contributed by atoms with Crippen LogP contribution in [0.4, 0.5) is 0 Å². The molecule has 0 spiro atoms. The fourth-order valence-corrected chi connectivity index (χ4v) is 1.50. The highest BCUT2D eigenvalue weighted by molar-refractivity contribution is 5.75. The predicted octanol–water partition coefficient (Wildman–Crippen LogP) is 2.47. The van der Waals surface area contributed by atoms with Crippen molar-refractivity contribution in [2.24, 2.45) is 0 Å². The lowest BCUT2D eigenvalue weighted by molar-refractivity contribution is -0.117. The molecule has 84 valence electrons. The first-order chi connectivity index (χ1) is 7.18. The number of carbonyl (C=O) groups excluding carboxylic acids is 1. The van der Waals surface area contributed by atoms with Gasteiger partial charge in [0.25, 0.3) is 0 Å². The smallest absolute Gasteiger partial charge is 0.129 e. The van der Waals surface area contributed by atoms with E-state index in [-0.39, 0.29) is 5.78 Å². The molecule has 15 heavy (non-hydrogen) atoms. The molecule has 0 radical (unpaired) electrons. The fourth-order valence-electron chi connectivity index (χ4n) is 1.50. The van der Waals surface area contributed by atoms with Gasteiger partial charge in [0.2, 0.25) is 0 Å². The fraction of sp³-hybridized carbons (Fsp3) is 0.583. The summed E-state index contributed by atoms with van der Waals surface area (Å²) in [6, 6.07) is 3.88. The van der Waals surface area contributed by atoms with Crippen molar-refractivity contribution in [1.82, 2.24) is 4.90 Å². The van der Waals surface area contributed by atoms with Gasteiger partial charge in [0.1, 0.15) is 11.5 Å². The topological polar surface area (TPSA) is 33.5 Å². The molecule has 0 saturated carbocycles. The van der Waals surface area contributed by atoms with Crippen molar-refractivity contribution < 1.29 is 9.21 Å². The molecule has 0 atom stereocenters. The summed E-state index contributed by atoms with van der Waals surface area (Å²) in [5.41, 5.74) is 0. The molecule has 0 unspecified atom stereocenters. The van der Waals surface area contributed by atoms with Crippen LogP contribution >= 0.6 is 0 Å². The van der Waals surface area contributed by atoms with Crippen LogP contribution in [-0.4, -0.2) is 24.3 Å². The largest absolute Gasteiger partial charge is 0.468 e. The molecule has 3 nitrogen and oxygen atoms in total. The zero-order valence-corrected chi connectivity index (χ0v) is 9.53. The third-order valence-electron chi connectivity index (χ3n) is 2.32. The molecule has 1 aromatic rings. The maximum absolute atomic E-state index is 10.7. The van der Waals surface area contributed by atoms with E-state index in [4.69, 9.17) is 4.42 Å². The average Bonchev–Trinajstić information content (AvgIpc) is 2.64. The van der Waals surface area contributed by atoms with Crippen LogP contribution in [0.2, 0.25) is 0 Å². The van der Waals surface area contributed by atoms with Crippen LogP contribution in [0.3, 0.4) is 0 Å². The Balaban J connectivity index is 2.08. The molecule has 0 aliphatic carbocycles. The quantitative estimate of drug-likeness (QED) is 0.647. The average molecular weight is 209 g/mol. The summed E-state index contributed by atoms with van der Waals surface area (Å²) in [4.78, 5) is 12.9. The number of Topliss-reactive ketones (excluding diaryl/α,β-unsaturated/α-hetero) is 1. The van der Waals surface area contributed by atoms with Gasteiger partial charge in [-0.25, -0.2) is 0 Å². The summed E-state index contributed by atoms with van der Waals surface area (Å²) in [6.45, 7) is 3.49. The van der Waals surface area contributed by atoms with Crippen molar-refractivity contribution in [1.29, 1.82) is 0 Å². The van der Waals surface area contributed by atoms with Crippen LogP contribution in [-0.2, 0) is 11.3 Å². The van der Waals surface area contributed by atoms with E-state index >= 15 is 0 Å². The standard InChI is InChI=1S/C12H19NO2/c1-11(14)6-3-4-8-13(2)10-12-7-5-9-15-12/h5,7,9H,3-4,6,8,10H2,1-2H3. The molecule has 1 rings (SSSR count). The van der Waals surface area contributed by atoms with Crippen LogP contribution < -0.4 is 0 Å². The Labute approximate surface area is 91.1 Å². The van der Waals surface area contributed by atoms with E-state index in [0.717, 1.165) is 31.7 Å². The monoisotopic (exact) mass is 209 g/mol. The maximum Gasteiger partial charge on any atom is 0.129 e. The van der Waals surface area contributed by atoms with Gasteiger partial charge < -0.3 is 9.21 Å². The molecular formula is C12H19NO2. The Bertz CT molecular complexity index is 280. The Hall–Kier alpha value is -1.09. The van der Waals surface area contributed by atoms with E-state index in [0.29, 0.717) is 6.42 Å². The van der Waals surface area contributed by atoms with Gasteiger partial charge in [-0.05, 0) is 45.5 Å². The minimum atomic E-state index is 0.281. The van der Waals surface area contributed by atoms with Crippen molar-refractivity contribution in [2.45, 2.75) is 32.7 Å². The number of rotatable bonds is 7. The molecule has 0 N–H and O–H groups in total. The summed E-state index contributed by atoms with van der Waals surface area (Å²) in [5.74, 6) is 1.27. The summed E-state index contributed by atoms with van der Waals surface area (Å²) in [7, 11) is 2.07. The van der Waals surface area contributed by atoms with E-state index in [1.165, 1.54) is 0 Å². The SMILES string of the molecule is CC(=O)CCCCN(C)Cc1ccco1. The third-order valence-corrected chi connectivity index (χ3v) is 2.32. The van der Waals surface area contributed by atoms with Crippen LogP contribution in [0.15, 0.2) is 22.8 Å². The van der Waals surface area contributed by atoms with Crippen molar-refractivity contribution >= 4 is 5.78 Å². The highest BCUT2D eigenvalue weighted by Crippen LogP contribution is 2.05. The van der Waals surface area contributed by atoms with Gasteiger partial charge >= 0.3 is 0 Å². The van der Waals surface area contributed by atoms with Crippen molar-refractivity contribution in [3.63, 3.8) is 0 Å². The minimum Gasteiger partial charge on any atom is -0.468 e. The lowest BCUT2D eigenvalue weighted by atomic mass is 10.2. The highest BCUT2D eigenvalue weighted by Gasteiger charge is 2.02. The molecule has 1 heterocycles. The minimum absolute atomic E-state index is 0.281. The third kappa shape index (κ3) is 5.37. The number of unbranched alkanes of at least 4 members (excludes halogenated alkanes) is 1. The number of nitrogens with zero attached hydrogens (tertiary/aromatic N) is 1. The second-order valence-corrected chi connectivity index (χ2v) is 3.98. The zero-order valence-electron chi connectivity index (χ0n) is 9.53. The van der Waals surface area contributed by atoms with Gasteiger partial charge in [0.15, 0.2) is 0 Å². The first-order valence-electron chi connectivity index (χ1n) is 5.39. The highest BCUT2D eigenvalue weighted by atomic mass is 16.3. The van der Waals surface area contributed by atoms with Crippen LogP contribution in [0.5, 0.6) is 0 Å². The number of furan rings is 1.